The Morgan fingerprint density at radius 3 is 1.96 bits per heavy atom. The summed E-state index contributed by atoms with van der Waals surface area (Å²) in [7, 11) is 2.02. The lowest BCUT2D eigenvalue weighted by molar-refractivity contribution is 0.925. The van der Waals surface area contributed by atoms with Crippen molar-refractivity contribution in [2.24, 2.45) is 7.05 Å². The van der Waals surface area contributed by atoms with Gasteiger partial charge in [-0.1, -0.05) is 60.7 Å². The van der Waals surface area contributed by atoms with E-state index in [4.69, 9.17) is 4.98 Å². The molecule has 0 aliphatic carbocycles. The maximum Gasteiger partial charge on any atom is 0.140 e. The smallest absolute Gasteiger partial charge is 0.140 e. The molecule has 0 unspecified atom stereocenters. The third kappa shape index (κ3) is 2.72. The van der Waals surface area contributed by atoms with Crippen LogP contribution in [0.3, 0.4) is 0 Å². The number of aromatic nitrogens is 3. The van der Waals surface area contributed by atoms with Crippen LogP contribution >= 0.6 is 0 Å². The van der Waals surface area contributed by atoms with Crippen molar-refractivity contribution >= 4 is 0 Å². The van der Waals surface area contributed by atoms with Gasteiger partial charge in [-0.15, -0.1) is 0 Å². The highest BCUT2D eigenvalue weighted by atomic mass is 15.0. The lowest BCUT2D eigenvalue weighted by atomic mass is 10.1. The van der Waals surface area contributed by atoms with E-state index < -0.39 is 0 Å². The van der Waals surface area contributed by atoms with Crippen molar-refractivity contribution in [3.05, 3.63) is 85.2 Å². The molecule has 0 amide bonds. The Labute approximate surface area is 141 Å². The number of hydrogen-bond acceptors (Lipinski definition) is 2. The summed E-state index contributed by atoms with van der Waals surface area (Å²) in [5.41, 5.74) is 5.16. The lowest BCUT2D eigenvalue weighted by Gasteiger charge is -2.01. The van der Waals surface area contributed by atoms with Crippen LogP contribution in [0.1, 0.15) is 0 Å². The summed E-state index contributed by atoms with van der Waals surface area (Å²) in [5.74, 6) is 0.956. The van der Waals surface area contributed by atoms with Gasteiger partial charge in [0, 0.05) is 36.1 Å². The SMILES string of the molecule is Cn1cc(-c2ccc(-c3ccccc3)nc2)nc1-c1ccccc1. The van der Waals surface area contributed by atoms with Gasteiger partial charge in [0.25, 0.3) is 0 Å². The minimum Gasteiger partial charge on any atom is -0.333 e. The summed E-state index contributed by atoms with van der Waals surface area (Å²) < 4.78 is 2.05. The van der Waals surface area contributed by atoms with Crippen LogP contribution in [-0.4, -0.2) is 14.5 Å². The molecule has 0 bridgehead atoms. The van der Waals surface area contributed by atoms with Crippen LogP contribution in [-0.2, 0) is 7.05 Å². The number of hydrogen-bond donors (Lipinski definition) is 0. The number of imidazole rings is 1. The number of aryl methyl sites for hydroxylation is 1. The van der Waals surface area contributed by atoms with E-state index in [1.54, 1.807) is 0 Å². The molecule has 3 heteroatoms. The van der Waals surface area contributed by atoms with E-state index in [0.717, 1.165) is 33.9 Å². The Kier molecular flexibility index (Phi) is 3.67. The number of pyridine rings is 1. The number of benzene rings is 2. The molecule has 0 atom stereocenters. The first-order chi connectivity index (χ1) is 11.8. The molecule has 0 aliphatic heterocycles. The molecular formula is C21H17N3. The Balaban J connectivity index is 1.68. The average Bonchev–Trinajstić information content (AvgIpc) is 3.05. The fourth-order valence-corrected chi connectivity index (χ4v) is 2.79. The molecule has 0 N–H and O–H groups in total. The van der Waals surface area contributed by atoms with Crippen LogP contribution in [0.25, 0.3) is 33.9 Å². The van der Waals surface area contributed by atoms with E-state index in [1.165, 1.54) is 0 Å². The summed E-state index contributed by atoms with van der Waals surface area (Å²) in [6.07, 6.45) is 3.93. The van der Waals surface area contributed by atoms with E-state index in [0.29, 0.717) is 0 Å². The van der Waals surface area contributed by atoms with Gasteiger partial charge in [0.2, 0.25) is 0 Å². The van der Waals surface area contributed by atoms with Crippen LogP contribution in [0.2, 0.25) is 0 Å². The highest BCUT2D eigenvalue weighted by Crippen LogP contribution is 2.25. The molecule has 2 aromatic carbocycles. The molecule has 0 fully saturated rings. The molecule has 4 aromatic rings. The number of rotatable bonds is 3. The van der Waals surface area contributed by atoms with Gasteiger partial charge in [0.15, 0.2) is 0 Å². The molecule has 0 saturated carbocycles. The summed E-state index contributed by atoms with van der Waals surface area (Å²) in [5, 5.41) is 0. The quantitative estimate of drug-likeness (QED) is 0.543. The second-order valence-electron chi connectivity index (χ2n) is 5.72. The summed E-state index contributed by atoms with van der Waals surface area (Å²) in [4.78, 5) is 9.36. The Morgan fingerprint density at radius 1 is 0.667 bits per heavy atom. The average molecular weight is 311 g/mol. The maximum absolute atomic E-state index is 4.78. The second-order valence-corrected chi connectivity index (χ2v) is 5.72. The van der Waals surface area contributed by atoms with E-state index in [9.17, 15) is 0 Å². The first-order valence-electron chi connectivity index (χ1n) is 7.92. The van der Waals surface area contributed by atoms with Gasteiger partial charge in [0.1, 0.15) is 5.82 Å². The van der Waals surface area contributed by atoms with Crippen molar-refractivity contribution in [2.75, 3.05) is 0 Å². The molecule has 0 spiro atoms. The van der Waals surface area contributed by atoms with Gasteiger partial charge in [-0.2, -0.15) is 0 Å². The monoisotopic (exact) mass is 311 g/mol. The van der Waals surface area contributed by atoms with Gasteiger partial charge in [0.05, 0.1) is 11.4 Å². The predicted molar refractivity (Wildman–Crippen MR) is 97.3 cm³/mol. The molecule has 3 nitrogen and oxygen atoms in total. The van der Waals surface area contributed by atoms with Crippen molar-refractivity contribution in [2.45, 2.75) is 0 Å². The first-order valence-corrected chi connectivity index (χ1v) is 7.92. The van der Waals surface area contributed by atoms with Crippen molar-refractivity contribution < 1.29 is 0 Å². The van der Waals surface area contributed by atoms with Gasteiger partial charge >= 0.3 is 0 Å². The van der Waals surface area contributed by atoms with E-state index in [1.807, 2.05) is 61.9 Å². The van der Waals surface area contributed by atoms with E-state index in [2.05, 4.69) is 39.9 Å². The van der Waals surface area contributed by atoms with Gasteiger partial charge < -0.3 is 4.57 Å². The molecule has 4 rings (SSSR count). The fraction of sp³-hybridized carbons (Fsp3) is 0.0476. The van der Waals surface area contributed by atoms with Crippen LogP contribution in [0.5, 0.6) is 0 Å². The lowest BCUT2D eigenvalue weighted by Crippen LogP contribution is -1.90. The highest BCUT2D eigenvalue weighted by Gasteiger charge is 2.09. The fourth-order valence-electron chi connectivity index (χ4n) is 2.79. The number of nitrogens with zero attached hydrogens (tertiary/aromatic N) is 3. The molecular weight excluding hydrogens is 294 g/mol. The van der Waals surface area contributed by atoms with Crippen molar-refractivity contribution in [3.63, 3.8) is 0 Å². The van der Waals surface area contributed by atoms with Gasteiger partial charge in [-0.05, 0) is 12.1 Å². The van der Waals surface area contributed by atoms with Crippen LogP contribution < -0.4 is 0 Å². The molecule has 0 aliphatic rings. The summed E-state index contributed by atoms with van der Waals surface area (Å²) in [6, 6.07) is 24.5. The Bertz CT molecular complexity index is 940. The Hall–Kier alpha value is -3.20. The summed E-state index contributed by atoms with van der Waals surface area (Å²) >= 11 is 0. The van der Waals surface area contributed by atoms with Crippen molar-refractivity contribution in [3.8, 4) is 33.9 Å². The highest BCUT2D eigenvalue weighted by molar-refractivity contribution is 5.67. The standard InChI is InChI=1S/C21H17N3/c1-24-15-20(23-21(24)17-10-6-3-7-11-17)18-12-13-19(22-14-18)16-8-4-2-5-9-16/h2-15H,1H3. The molecule has 2 heterocycles. The zero-order valence-electron chi connectivity index (χ0n) is 13.4. The summed E-state index contributed by atoms with van der Waals surface area (Å²) in [6.45, 7) is 0. The molecule has 24 heavy (non-hydrogen) atoms. The van der Waals surface area contributed by atoms with Crippen LogP contribution in [0.15, 0.2) is 85.2 Å². The van der Waals surface area contributed by atoms with Crippen LogP contribution in [0.4, 0.5) is 0 Å². The van der Waals surface area contributed by atoms with Crippen molar-refractivity contribution in [1.29, 1.82) is 0 Å². The zero-order valence-corrected chi connectivity index (χ0v) is 13.4. The van der Waals surface area contributed by atoms with Gasteiger partial charge in [-0.25, -0.2) is 4.98 Å². The third-order valence-corrected chi connectivity index (χ3v) is 4.04. The Morgan fingerprint density at radius 2 is 1.33 bits per heavy atom. The first kappa shape index (κ1) is 14.4. The predicted octanol–water partition coefficient (Wildman–Crippen LogP) is 4.82. The minimum absolute atomic E-state index is 0.934. The largest absolute Gasteiger partial charge is 0.333 e. The minimum atomic E-state index is 0.934. The molecule has 0 saturated heterocycles. The molecule has 2 aromatic heterocycles. The third-order valence-electron chi connectivity index (χ3n) is 4.04. The maximum atomic E-state index is 4.78. The molecule has 116 valence electrons. The zero-order chi connectivity index (χ0) is 16.4. The topological polar surface area (TPSA) is 30.7 Å². The normalized spacial score (nSPS) is 10.7. The van der Waals surface area contributed by atoms with Gasteiger partial charge in [-0.3, -0.25) is 4.98 Å². The van der Waals surface area contributed by atoms with Crippen LogP contribution in [0, 0.1) is 0 Å². The second kappa shape index (κ2) is 6.13. The van der Waals surface area contributed by atoms with Crippen molar-refractivity contribution in [1.82, 2.24) is 14.5 Å². The molecule has 0 radical (unpaired) electrons. The van der Waals surface area contributed by atoms with E-state index in [-0.39, 0.29) is 0 Å². The van der Waals surface area contributed by atoms with E-state index >= 15 is 0 Å².